The summed E-state index contributed by atoms with van der Waals surface area (Å²) in [5.74, 6) is -8.27. The smallest absolute Gasteiger partial charge is 0.475 e. The van der Waals surface area contributed by atoms with Crippen molar-refractivity contribution in [2.24, 2.45) is 0 Å². The number of hydrogen-bond donors (Lipinski definition) is 4. The Balaban J connectivity index is 0.000000660. The second-order valence-corrected chi connectivity index (χ2v) is 8.37. The Morgan fingerprint density at radius 2 is 1.10 bits per heavy atom. The standard InChI is InChI=1S/C17H27N3O.3C2HF3O2/c1(9-19-12-14-21-15-13-19)2-16-3-5-17(6-4-16)20-10-7-18-8-11-20;3*3-2(4,5)1(6)7/h3-6,18H,1-2,7-15H2;3*(H,6,7). The largest absolute Gasteiger partial charge is 0.490 e. The number of aryl methyl sites for hydroxylation is 1. The van der Waals surface area contributed by atoms with Crippen LogP contribution in [0.2, 0.25) is 0 Å². The molecule has 1 aromatic carbocycles. The van der Waals surface area contributed by atoms with E-state index in [0.29, 0.717) is 0 Å². The molecular weight excluding hydrogens is 601 g/mol. The summed E-state index contributed by atoms with van der Waals surface area (Å²) in [6.45, 7) is 9.64. The Bertz CT molecular complexity index is 888. The SMILES string of the molecule is O=C(O)C(F)(F)F.O=C(O)C(F)(F)F.O=C(O)C(F)(F)F.c1cc(N2CCNCC2)ccc1CCCN1CCOCC1. The number of hydrogen-bond acceptors (Lipinski definition) is 7. The van der Waals surface area contributed by atoms with Crippen LogP contribution in [0.15, 0.2) is 24.3 Å². The van der Waals surface area contributed by atoms with Gasteiger partial charge in [-0.1, -0.05) is 12.1 Å². The van der Waals surface area contributed by atoms with Crippen molar-refractivity contribution in [3.63, 3.8) is 0 Å². The lowest BCUT2D eigenvalue weighted by molar-refractivity contribution is -0.193. The third kappa shape index (κ3) is 18.2. The third-order valence-electron chi connectivity index (χ3n) is 5.19. The summed E-state index contributed by atoms with van der Waals surface area (Å²) in [6, 6.07) is 9.18. The molecule has 0 saturated carbocycles. The summed E-state index contributed by atoms with van der Waals surface area (Å²) in [4.78, 5) is 31.7. The van der Waals surface area contributed by atoms with Crippen molar-refractivity contribution in [3.05, 3.63) is 29.8 Å². The van der Waals surface area contributed by atoms with Gasteiger partial charge in [-0.2, -0.15) is 39.5 Å². The first-order valence-electron chi connectivity index (χ1n) is 12.0. The molecule has 242 valence electrons. The molecule has 10 nitrogen and oxygen atoms in total. The summed E-state index contributed by atoms with van der Waals surface area (Å²) >= 11 is 0. The summed E-state index contributed by atoms with van der Waals surface area (Å²) in [7, 11) is 0. The summed E-state index contributed by atoms with van der Waals surface area (Å²) in [5, 5.41) is 24.8. The van der Waals surface area contributed by atoms with Crippen molar-refractivity contribution in [2.75, 3.05) is 63.9 Å². The first-order valence-corrected chi connectivity index (χ1v) is 12.0. The number of benzene rings is 1. The number of carboxylic acids is 3. The van der Waals surface area contributed by atoms with E-state index in [-0.39, 0.29) is 0 Å². The van der Waals surface area contributed by atoms with Gasteiger partial charge in [-0.25, -0.2) is 14.4 Å². The second kappa shape index (κ2) is 18.3. The van der Waals surface area contributed by atoms with Crippen LogP contribution in [-0.4, -0.2) is 116 Å². The van der Waals surface area contributed by atoms with Gasteiger partial charge in [0.15, 0.2) is 0 Å². The molecule has 4 N–H and O–H groups in total. The molecular formula is C23H30F9N3O7. The fourth-order valence-corrected chi connectivity index (χ4v) is 3.13. The van der Waals surface area contributed by atoms with Crippen molar-refractivity contribution in [2.45, 2.75) is 31.4 Å². The Kier molecular flexibility index (Phi) is 16.8. The summed E-state index contributed by atoms with van der Waals surface area (Å²) in [6.07, 6.45) is -12.8. The average Bonchev–Trinajstić information content (AvgIpc) is 2.90. The van der Waals surface area contributed by atoms with Gasteiger partial charge in [0, 0.05) is 45.0 Å². The number of aliphatic carboxylic acids is 3. The Morgan fingerprint density at radius 3 is 1.45 bits per heavy atom. The van der Waals surface area contributed by atoms with E-state index in [1.165, 1.54) is 30.6 Å². The maximum Gasteiger partial charge on any atom is 0.490 e. The predicted octanol–water partition coefficient (Wildman–Crippen LogP) is 3.26. The van der Waals surface area contributed by atoms with E-state index in [1.807, 2.05) is 0 Å². The highest BCUT2D eigenvalue weighted by Gasteiger charge is 2.39. The normalized spacial score (nSPS) is 16.0. The van der Waals surface area contributed by atoms with Crippen LogP contribution < -0.4 is 10.2 Å². The van der Waals surface area contributed by atoms with Crippen LogP contribution in [0.4, 0.5) is 45.2 Å². The van der Waals surface area contributed by atoms with E-state index in [0.717, 1.165) is 52.5 Å². The number of rotatable bonds is 5. The molecule has 2 aliphatic heterocycles. The summed E-state index contributed by atoms with van der Waals surface area (Å²) < 4.78 is 101. The van der Waals surface area contributed by atoms with Crippen LogP contribution in [0.25, 0.3) is 0 Å². The van der Waals surface area contributed by atoms with Crippen molar-refractivity contribution in [3.8, 4) is 0 Å². The molecule has 0 atom stereocenters. The zero-order valence-corrected chi connectivity index (χ0v) is 21.9. The Morgan fingerprint density at radius 1 is 0.714 bits per heavy atom. The molecule has 0 amide bonds. The molecule has 42 heavy (non-hydrogen) atoms. The quantitative estimate of drug-likeness (QED) is 0.358. The third-order valence-corrected chi connectivity index (χ3v) is 5.19. The summed E-state index contributed by atoms with van der Waals surface area (Å²) in [5.41, 5.74) is 2.83. The molecule has 2 aliphatic rings. The van der Waals surface area contributed by atoms with Crippen LogP contribution in [0.3, 0.4) is 0 Å². The zero-order chi connectivity index (χ0) is 32.6. The maximum absolute atomic E-state index is 10.6. The number of carbonyl (C=O) groups is 3. The lowest BCUT2D eigenvalue weighted by Gasteiger charge is -2.29. The number of morpholine rings is 1. The van der Waals surface area contributed by atoms with Gasteiger partial charge in [-0.3, -0.25) is 4.90 Å². The highest BCUT2D eigenvalue weighted by molar-refractivity contribution is 5.73. The second-order valence-electron chi connectivity index (χ2n) is 8.37. The number of anilines is 1. The lowest BCUT2D eigenvalue weighted by Crippen LogP contribution is -2.43. The number of halogens is 9. The molecule has 0 spiro atoms. The Hall–Kier alpha value is -3.32. The van der Waals surface area contributed by atoms with E-state index < -0.39 is 36.4 Å². The predicted molar refractivity (Wildman–Crippen MR) is 128 cm³/mol. The average molecular weight is 631 g/mol. The lowest BCUT2D eigenvalue weighted by atomic mass is 10.1. The molecule has 0 radical (unpaired) electrons. The van der Waals surface area contributed by atoms with E-state index in [1.54, 1.807) is 0 Å². The van der Waals surface area contributed by atoms with E-state index in [4.69, 9.17) is 34.4 Å². The number of ether oxygens (including phenoxy) is 1. The van der Waals surface area contributed by atoms with Crippen LogP contribution >= 0.6 is 0 Å². The van der Waals surface area contributed by atoms with Gasteiger partial charge in [-0.05, 0) is 37.1 Å². The highest BCUT2D eigenvalue weighted by Crippen LogP contribution is 2.17. The van der Waals surface area contributed by atoms with Gasteiger partial charge in [0.25, 0.3) is 0 Å². The molecule has 0 bridgehead atoms. The fourth-order valence-electron chi connectivity index (χ4n) is 3.13. The van der Waals surface area contributed by atoms with Crippen LogP contribution in [-0.2, 0) is 25.5 Å². The van der Waals surface area contributed by atoms with Gasteiger partial charge in [-0.15, -0.1) is 0 Å². The molecule has 0 aromatic heterocycles. The molecule has 19 heteroatoms. The minimum absolute atomic E-state index is 0.902. The molecule has 2 fully saturated rings. The molecule has 2 heterocycles. The minimum Gasteiger partial charge on any atom is -0.475 e. The number of alkyl halides is 9. The molecule has 3 rings (SSSR count). The van der Waals surface area contributed by atoms with Gasteiger partial charge >= 0.3 is 36.4 Å². The number of nitrogens with zero attached hydrogens (tertiary/aromatic N) is 2. The van der Waals surface area contributed by atoms with Gasteiger partial charge < -0.3 is 30.3 Å². The van der Waals surface area contributed by atoms with Crippen LogP contribution in [0.1, 0.15) is 12.0 Å². The zero-order valence-electron chi connectivity index (χ0n) is 21.9. The maximum atomic E-state index is 10.6. The monoisotopic (exact) mass is 631 g/mol. The molecule has 0 unspecified atom stereocenters. The van der Waals surface area contributed by atoms with E-state index in [2.05, 4.69) is 39.4 Å². The first-order chi connectivity index (χ1) is 19.2. The van der Waals surface area contributed by atoms with E-state index in [9.17, 15) is 39.5 Å². The van der Waals surface area contributed by atoms with Crippen molar-refractivity contribution in [1.82, 2.24) is 10.2 Å². The molecule has 0 aliphatic carbocycles. The fraction of sp³-hybridized carbons (Fsp3) is 0.609. The number of piperazine rings is 1. The van der Waals surface area contributed by atoms with Gasteiger partial charge in [0.05, 0.1) is 13.2 Å². The van der Waals surface area contributed by atoms with Gasteiger partial charge in [0.2, 0.25) is 0 Å². The van der Waals surface area contributed by atoms with Crippen LogP contribution in [0, 0.1) is 0 Å². The molecule has 2 saturated heterocycles. The Labute approximate surface area is 233 Å². The molecule has 1 aromatic rings. The highest BCUT2D eigenvalue weighted by atomic mass is 19.4. The van der Waals surface area contributed by atoms with E-state index >= 15 is 0 Å². The number of nitrogens with one attached hydrogen (secondary N) is 1. The van der Waals surface area contributed by atoms with Crippen molar-refractivity contribution >= 4 is 23.6 Å². The minimum atomic E-state index is -5.08. The van der Waals surface area contributed by atoms with Crippen molar-refractivity contribution < 1.29 is 74.0 Å². The first kappa shape index (κ1) is 38.7. The van der Waals surface area contributed by atoms with Gasteiger partial charge in [0.1, 0.15) is 0 Å². The van der Waals surface area contributed by atoms with Crippen LogP contribution in [0.5, 0.6) is 0 Å². The van der Waals surface area contributed by atoms with Crippen molar-refractivity contribution in [1.29, 1.82) is 0 Å². The number of carboxylic acid groups (broad SMARTS) is 3. The topological polar surface area (TPSA) is 140 Å².